The van der Waals surface area contributed by atoms with E-state index in [1.54, 1.807) is 0 Å². The molecule has 1 heterocycles. The Bertz CT molecular complexity index is 332. The standard InChI is InChI=1S/C15H23NOS/c1-2-10-18-11-8-16-13-12-5-9-17-14(12)15(13)6-3-4-7-15/h1,12-14,16H,3-11H2/t12-,13-,14+/m1/s1. The fourth-order valence-electron chi connectivity index (χ4n) is 4.43. The van der Waals surface area contributed by atoms with Crippen molar-refractivity contribution in [1.29, 1.82) is 0 Å². The molecule has 3 aliphatic rings. The van der Waals surface area contributed by atoms with E-state index in [4.69, 9.17) is 11.2 Å². The second-order valence-corrected chi connectivity index (χ2v) is 6.98. The SMILES string of the molecule is C#CCSCCN[C@@H]1[C@H]2CCO[C@@H]2C12CCCC2. The maximum Gasteiger partial charge on any atom is 0.0690 e. The van der Waals surface area contributed by atoms with E-state index in [9.17, 15) is 0 Å². The van der Waals surface area contributed by atoms with Crippen molar-refractivity contribution in [3.8, 4) is 12.3 Å². The molecule has 0 aromatic heterocycles. The van der Waals surface area contributed by atoms with Gasteiger partial charge in [-0.05, 0) is 19.3 Å². The van der Waals surface area contributed by atoms with Crippen molar-refractivity contribution in [1.82, 2.24) is 5.32 Å². The molecule has 3 atom stereocenters. The first-order valence-corrected chi connectivity index (χ1v) is 8.40. The highest BCUT2D eigenvalue weighted by Crippen LogP contribution is 2.60. The second kappa shape index (κ2) is 5.45. The molecule has 0 aromatic rings. The van der Waals surface area contributed by atoms with Crippen LogP contribution in [0.5, 0.6) is 0 Å². The maximum atomic E-state index is 5.99. The smallest absolute Gasteiger partial charge is 0.0690 e. The van der Waals surface area contributed by atoms with E-state index in [0.29, 0.717) is 11.5 Å². The number of terminal acetylenes is 1. The van der Waals surface area contributed by atoms with E-state index in [1.165, 1.54) is 32.1 Å². The molecule has 1 saturated heterocycles. The van der Waals surface area contributed by atoms with Gasteiger partial charge in [-0.25, -0.2) is 0 Å². The van der Waals surface area contributed by atoms with Crippen LogP contribution in [0.2, 0.25) is 0 Å². The predicted octanol–water partition coefficient (Wildman–Crippen LogP) is 2.29. The summed E-state index contributed by atoms with van der Waals surface area (Å²) in [4.78, 5) is 0. The zero-order chi connectivity index (χ0) is 12.4. The van der Waals surface area contributed by atoms with Gasteiger partial charge in [0.25, 0.3) is 0 Å². The molecule has 3 rings (SSSR count). The van der Waals surface area contributed by atoms with Gasteiger partial charge in [-0.1, -0.05) is 18.8 Å². The summed E-state index contributed by atoms with van der Waals surface area (Å²) >= 11 is 1.86. The normalized spacial score (nSPS) is 36.3. The lowest BCUT2D eigenvalue weighted by Gasteiger charge is -2.57. The highest BCUT2D eigenvalue weighted by molar-refractivity contribution is 7.99. The summed E-state index contributed by atoms with van der Waals surface area (Å²) < 4.78 is 5.99. The van der Waals surface area contributed by atoms with Crippen molar-refractivity contribution in [2.24, 2.45) is 11.3 Å². The summed E-state index contributed by atoms with van der Waals surface area (Å²) in [5, 5.41) is 3.81. The molecular weight excluding hydrogens is 242 g/mol. The summed E-state index contributed by atoms with van der Waals surface area (Å²) in [5.74, 6) is 5.45. The first-order chi connectivity index (χ1) is 8.88. The molecule has 3 fully saturated rings. The Hall–Kier alpha value is -0.170. The van der Waals surface area contributed by atoms with Gasteiger partial charge in [0.2, 0.25) is 0 Å². The van der Waals surface area contributed by atoms with Crippen LogP contribution in [0.15, 0.2) is 0 Å². The number of nitrogens with one attached hydrogen (secondary N) is 1. The van der Waals surface area contributed by atoms with Crippen molar-refractivity contribution in [3.05, 3.63) is 0 Å². The Morgan fingerprint density at radius 2 is 2.22 bits per heavy atom. The molecule has 2 aliphatic carbocycles. The van der Waals surface area contributed by atoms with E-state index in [0.717, 1.165) is 36.6 Å². The zero-order valence-corrected chi connectivity index (χ0v) is 11.8. The summed E-state index contributed by atoms with van der Waals surface area (Å²) in [6.07, 6.45) is 12.7. The van der Waals surface area contributed by atoms with E-state index < -0.39 is 0 Å². The van der Waals surface area contributed by atoms with E-state index >= 15 is 0 Å². The highest BCUT2D eigenvalue weighted by Gasteiger charge is 2.64. The average molecular weight is 265 g/mol. The third kappa shape index (κ3) is 1.99. The van der Waals surface area contributed by atoms with Gasteiger partial charge in [-0.2, -0.15) is 0 Å². The Labute approximate surface area is 115 Å². The summed E-state index contributed by atoms with van der Waals surface area (Å²) in [5.41, 5.74) is 0.498. The first kappa shape index (κ1) is 12.8. The summed E-state index contributed by atoms with van der Waals surface area (Å²) in [7, 11) is 0. The lowest BCUT2D eigenvalue weighted by Crippen LogP contribution is -2.67. The van der Waals surface area contributed by atoms with Crippen molar-refractivity contribution in [2.75, 3.05) is 24.7 Å². The molecule has 3 heteroatoms. The van der Waals surface area contributed by atoms with Gasteiger partial charge >= 0.3 is 0 Å². The molecule has 0 bridgehead atoms. The van der Waals surface area contributed by atoms with Gasteiger partial charge in [0, 0.05) is 36.3 Å². The molecule has 1 aliphatic heterocycles. The van der Waals surface area contributed by atoms with Crippen LogP contribution >= 0.6 is 11.8 Å². The van der Waals surface area contributed by atoms with Crippen LogP contribution in [0.3, 0.4) is 0 Å². The average Bonchev–Trinajstić information content (AvgIpc) is 3.01. The van der Waals surface area contributed by atoms with Gasteiger partial charge in [-0.15, -0.1) is 18.2 Å². The van der Waals surface area contributed by atoms with Crippen molar-refractivity contribution in [3.63, 3.8) is 0 Å². The molecular formula is C15H23NOS. The number of hydrogen-bond donors (Lipinski definition) is 1. The van der Waals surface area contributed by atoms with Crippen LogP contribution in [0.4, 0.5) is 0 Å². The molecule has 1 N–H and O–H groups in total. The van der Waals surface area contributed by atoms with Crippen LogP contribution < -0.4 is 5.32 Å². The lowest BCUT2D eigenvalue weighted by molar-refractivity contribution is -0.129. The quantitative estimate of drug-likeness (QED) is 0.609. The number of thioether (sulfide) groups is 1. The van der Waals surface area contributed by atoms with E-state index in [-0.39, 0.29) is 0 Å². The fourth-order valence-corrected chi connectivity index (χ4v) is 4.95. The number of ether oxygens (including phenoxy) is 1. The minimum absolute atomic E-state index is 0.498. The van der Waals surface area contributed by atoms with Crippen LogP contribution in [0, 0.1) is 23.7 Å². The monoisotopic (exact) mass is 265 g/mol. The van der Waals surface area contributed by atoms with Crippen LogP contribution in [-0.4, -0.2) is 36.8 Å². The molecule has 2 nitrogen and oxygen atoms in total. The third-order valence-corrected chi connectivity index (χ3v) is 5.95. The van der Waals surface area contributed by atoms with E-state index in [2.05, 4.69) is 11.2 Å². The number of hydrogen-bond acceptors (Lipinski definition) is 3. The van der Waals surface area contributed by atoms with Crippen molar-refractivity contribution in [2.45, 2.75) is 44.2 Å². The minimum atomic E-state index is 0.498. The first-order valence-electron chi connectivity index (χ1n) is 7.25. The van der Waals surface area contributed by atoms with Crippen LogP contribution in [0.1, 0.15) is 32.1 Å². The largest absolute Gasteiger partial charge is 0.377 e. The maximum absolute atomic E-state index is 5.99. The van der Waals surface area contributed by atoms with Crippen LogP contribution in [0.25, 0.3) is 0 Å². The molecule has 0 aromatic carbocycles. The van der Waals surface area contributed by atoms with Gasteiger partial charge in [0.15, 0.2) is 0 Å². The molecule has 0 radical (unpaired) electrons. The zero-order valence-electron chi connectivity index (χ0n) is 11.0. The lowest BCUT2D eigenvalue weighted by atomic mass is 9.54. The summed E-state index contributed by atoms with van der Waals surface area (Å²) in [6.45, 7) is 2.09. The Morgan fingerprint density at radius 3 is 3.00 bits per heavy atom. The molecule has 0 amide bonds. The van der Waals surface area contributed by atoms with Gasteiger partial charge in [-0.3, -0.25) is 0 Å². The minimum Gasteiger partial charge on any atom is -0.377 e. The van der Waals surface area contributed by atoms with Gasteiger partial charge in [0.05, 0.1) is 11.9 Å². The third-order valence-electron chi connectivity index (χ3n) is 5.08. The van der Waals surface area contributed by atoms with E-state index in [1.807, 2.05) is 11.8 Å². The Kier molecular flexibility index (Phi) is 3.89. The van der Waals surface area contributed by atoms with Gasteiger partial charge < -0.3 is 10.1 Å². The Morgan fingerprint density at radius 1 is 1.39 bits per heavy atom. The number of fused-ring (bicyclic) bond motifs is 2. The van der Waals surface area contributed by atoms with Crippen LogP contribution in [-0.2, 0) is 4.74 Å². The molecule has 2 saturated carbocycles. The number of rotatable bonds is 5. The molecule has 18 heavy (non-hydrogen) atoms. The molecule has 0 unspecified atom stereocenters. The second-order valence-electron chi connectivity index (χ2n) is 5.87. The fraction of sp³-hybridized carbons (Fsp3) is 0.867. The Balaban J connectivity index is 1.52. The molecule has 100 valence electrons. The highest BCUT2D eigenvalue weighted by atomic mass is 32.2. The van der Waals surface area contributed by atoms with Crippen molar-refractivity contribution < 1.29 is 4.74 Å². The molecule has 1 spiro atoms. The van der Waals surface area contributed by atoms with Crippen molar-refractivity contribution >= 4 is 11.8 Å². The topological polar surface area (TPSA) is 21.3 Å². The summed E-state index contributed by atoms with van der Waals surface area (Å²) in [6, 6.07) is 0.721. The van der Waals surface area contributed by atoms with Gasteiger partial charge in [0.1, 0.15) is 0 Å². The predicted molar refractivity (Wildman–Crippen MR) is 76.7 cm³/mol.